The average Bonchev–Trinajstić information content (AvgIpc) is 2.49. The van der Waals surface area contributed by atoms with Crippen molar-refractivity contribution < 1.29 is 28.9 Å². The fraction of sp³-hybridized carbons (Fsp3) is 0.846. The maximum absolute atomic E-state index is 10.9. The first kappa shape index (κ1) is 15.9. The summed E-state index contributed by atoms with van der Waals surface area (Å²) in [6.07, 6.45) is 2.98. The van der Waals surface area contributed by atoms with Gasteiger partial charge in [0.1, 0.15) is 0 Å². The van der Waals surface area contributed by atoms with Gasteiger partial charge in [-0.15, -0.1) is 0 Å². The van der Waals surface area contributed by atoms with Crippen LogP contribution in [0.25, 0.3) is 0 Å². The summed E-state index contributed by atoms with van der Waals surface area (Å²) in [5.41, 5.74) is 0. The van der Waals surface area contributed by atoms with Crippen LogP contribution in [0.4, 0.5) is 0 Å². The van der Waals surface area contributed by atoms with Gasteiger partial charge >= 0.3 is 11.9 Å². The summed E-state index contributed by atoms with van der Waals surface area (Å²) in [4.78, 5) is 21.2. The molecular formula is C13H22O6. The van der Waals surface area contributed by atoms with E-state index in [1.54, 1.807) is 0 Å². The van der Waals surface area contributed by atoms with Crippen LogP contribution in [0, 0.1) is 11.8 Å². The second-order valence-corrected chi connectivity index (χ2v) is 4.63. The Morgan fingerprint density at radius 1 is 0.947 bits per heavy atom. The van der Waals surface area contributed by atoms with Crippen molar-refractivity contribution in [3.63, 3.8) is 0 Å². The summed E-state index contributed by atoms with van der Waals surface area (Å²) in [5.74, 6) is -0.848. The number of hydrogen-bond donors (Lipinski definition) is 1. The molecule has 2 fully saturated rings. The molecule has 0 amide bonds. The molecule has 0 aromatic heterocycles. The molecule has 0 bridgehead atoms. The molecular weight excluding hydrogens is 252 g/mol. The molecule has 0 aliphatic carbocycles. The molecule has 6 nitrogen and oxygen atoms in total. The molecule has 19 heavy (non-hydrogen) atoms. The van der Waals surface area contributed by atoms with Gasteiger partial charge in [0.2, 0.25) is 0 Å². The van der Waals surface area contributed by atoms with Crippen LogP contribution in [0.3, 0.4) is 0 Å². The molecule has 0 aromatic carbocycles. The highest BCUT2D eigenvalue weighted by Gasteiger charge is 2.21. The van der Waals surface area contributed by atoms with Gasteiger partial charge in [0, 0.05) is 26.4 Å². The Bertz CT molecular complexity index is 279. The lowest BCUT2D eigenvalue weighted by molar-refractivity contribution is -0.148. The smallest absolute Gasteiger partial charge is 0.308 e. The van der Waals surface area contributed by atoms with E-state index in [0.717, 1.165) is 12.8 Å². The van der Waals surface area contributed by atoms with Crippen molar-refractivity contribution in [3.8, 4) is 0 Å². The van der Waals surface area contributed by atoms with E-state index in [1.807, 2.05) is 0 Å². The summed E-state index contributed by atoms with van der Waals surface area (Å²) >= 11 is 0. The zero-order valence-electron chi connectivity index (χ0n) is 11.3. The number of carboxylic acids is 1. The van der Waals surface area contributed by atoms with Crippen LogP contribution < -0.4 is 0 Å². The molecule has 0 radical (unpaired) electrons. The molecule has 2 aliphatic rings. The largest absolute Gasteiger partial charge is 0.481 e. The van der Waals surface area contributed by atoms with Crippen molar-refractivity contribution in [2.24, 2.45) is 11.8 Å². The fourth-order valence-electron chi connectivity index (χ4n) is 2.04. The van der Waals surface area contributed by atoms with E-state index in [9.17, 15) is 9.59 Å². The third-order valence-electron chi connectivity index (χ3n) is 3.33. The van der Waals surface area contributed by atoms with Crippen LogP contribution in [0.15, 0.2) is 0 Å². The molecule has 0 saturated carbocycles. The molecule has 0 aromatic rings. The number of aliphatic carboxylic acids is 1. The molecule has 1 N–H and O–H groups in total. The third kappa shape index (κ3) is 6.02. The Balaban J connectivity index is 0.000000191. The number of methoxy groups -OCH3 is 1. The van der Waals surface area contributed by atoms with Crippen LogP contribution in [-0.4, -0.2) is 50.6 Å². The van der Waals surface area contributed by atoms with Crippen molar-refractivity contribution in [1.82, 2.24) is 0 Å². The van der Waals surface area contributed by atoms with Gasteiger partial charge < -0.3 is 19.3 Å². The summed E-state index contributed by atoms with van der Waals surface area (Å²) in [7, 11) is 1.43. The summed E-state index contributed by atoms with van der Waals surface area (Å²) in [6.45, 7) is 2.60. The first-order chi connectivity index (χ1) is 9.15. The Morgan fingerprint density at radius 2 is 1.37 bits per heavy atom. The number of ether oxygens (including phenoxy) is 3. The van der Waals surface area contributed by atoms with Gasteiger partial charge in [0.15, 0.2) is 0 Å². The van der Waals surface area contributed by atoms with Crippen LogP contribution in [0.5, 0.6) is 0 Å². The van der Waals surface area contributed by atoms with Crippen molar-refractivity contribution in [1.29, 1.82) is 0 Å². The summed E-state index contributed by atoms with van der Waals surface area (Å²) < 4.78 is 14.7. The van der Waals surface area contributed by atoms with Gasteiger partial charge in [-0.05, 0) is 25.7 Å². The lowest BCUT2D eigenvalue weighted by atomic mass is 10.0. The van der Waals surface area contributed by atoms with Crippen molar-refractivity contribution in [2.45, 2.75) is 25.7 Å². The summed E-state index contributed by atoms with van der Waals surface area (Å²) in [6, 6.07) is 0. The van der Waals surface area contributed by atoms with E-state index in [4.69, 9.17) is 14.6 Å². The quantitative estimate of drug-likeness (QED) is 0.759. The van der Waals surface area contributed by atoms with Crippen LogP contribution in [0.1, 0.15) is 25.7 Å². The van der Waals surface area contributed by atoms with E-state index in [2.05, 4.69) is 4.74 Å². The van der Waals surface area contributed by atoms with Crippen molar-refractivity contribution in [2.75, 3.05) is 33.5 Å². The molecule has 0 spiro atoms. The molecule has 0 atom stereocenters. The monoisotopic (exact) mass is 274 g/mol. The average molecular weight is 274 g/mol. The fourth-order valence-corrected chi connectivity index (χ4v) is 2.04. The van der Waals surface area contributed by atoms with Gasteiger partial charge in [-0.3, -0.25) is 9.59 Å². The van der Waals surface area contributed by atoms with Gasteiger partial charge in [-0.1, -0.05) is 0 Å². The maximum Gasteiger partial charge on any atom is 0.308 e. The Labute approximate surface area is 113 Å². The van der Waals surface area contributed by atoms with Crippen LogP contribution in [-0.2, 0) is 23.8 Å². The minimum absolute atomic E-state index is 0.0822. The van der Waals surface area contributed by atoms with Crippen molar-refractivity contribution in [3.05, 3.63) is 0 Å². The molecule has 6 heteroatoms. The first-order valence-electron chi connectivity index (χ1n) is 6.61. The minimum atomic E-state index is -0.682. The molecule has 0 unspecified atom stereocenters. The zero-order chi connectivity index (χ0) is 14.1. The second-order valence-electron chi connectivity index (χ2n) is 4.63. The number of rotatable bonds is 2. The Hall–Kier alpha value is -1.14. The molecule has 2 rings (SSSR count). The van der Waals surface area contributed by atoms with Gasteiger partial charge in [0.25, 0.3) is 0 Å². The van der Waals surface area contributed by atoms with E-state index in [-0.39, 0.29) is 17.8 Å². The number of esters is 1. The van der Waals surface area contributed by atoms with E-state index >= 15 is 0 Å². The Kier molecular flexibility index (Phi) is 7.43. The highest BCUT2D eigenvalue weighted by molar-refractivity contribution is 5.72. The van der Waals surface area contributed by atoms with E-state index in [1.165, 1.54) is 7.11 Å². The van der Waals surface area contributed by atoms with Gasteiger partial charge in [0.05, 0.1) is 18.9 Å². The van der Waals surface area contributed by atoms with E-state index < -0.39 is 5.97 Å². The minimum Gasteiger partial charge on any atom is -0.481 e. The molecule has 2 heterocycles. The van der Waals surface area contributed by atoms with Crippen molar-refractivity contribution >= 4 is 11.9 Å². The number of carbonyl (C=O) groups excluding carboxylic acids is 1. The number of carboxylic acid groups (broad SMARTS) is 1. The number of carbonyl (C=O) groups is 2. The third-order valence-corrected chi connectivity index (χ3v) is 3.33. The molecule has 2 aliphatic heterocycles. The number of hydrogen-bond acceptors (Lipinski definition) is 5. The highest BCUT2D eigenvalue weighted by atomic mass is 16.5. The predicted octanol–water partition coefficient (Wildman–Crippen LogP) is 1.08. The Morgan fingerprint density at radius 3 is 1.68 bits per heavy atom. The first-order valence-corrected chi connectivity index (χ1v) is 6.61. The topological polar surface area (TPSA) is 82.1 Å². The van der Waals surface area contributed by atoms with Gasteiger partial charge in [-0.2, -0.15) is 0 Å². The highest BCUT2D eigenvalue weighted by Crippen LogP contribution is 2.15. The maximum atomic E-state index is 10.9. The lowest BCUT2D eigenvalue weighted by Crippen LogP contribution is -2.24. The normalized spacial score (nSPS) is 21.1. The second kappa shape index (κ2) is 8.87. The standard InChI is InChI=1S/C7H12O3.C6H10O3/c1-9-7(8)6-2-4-10-5-3-6;7-6(8)5-1-3-9-4-2-5/h6H,2-5H2,1H3;5H,1-4H2,(H,7,8). The zero-order valence-corrected chi connectivity index (χ0v) is 11.3. The van der Waals surface area contributed by atoms with E-state index in [0.29, 0.717) is 39.3 Å². The van der Waals surface area contributed by atoms with Crippen LogP contribution >= 0.6 is 0 Å². The summed E-state index contributed by atoms with van der Waals surface area (Å²) in [5, 5.41) is 8.48. The predicted molar refractivity (Wildman–Crippen MR) is 66.7 cm³/mol. The van der Waals surface area contributed by atoms with Crippen LogP contribution in [0.2, 0.25) is 0 Å². The molecule has 2 saturated heterocycles. The lowest BCUT2D eigenvalue weighted by Gasteiger charge is -2.19. The van der Waals surface area contributed by atoms with Gasteiger partial charge in [-0.25, -0.2) is 0 Å². The SMILES string of the molecule is COC(=O)C1CCOCC1.O=C(O)C1CCOCC1. The molecule has 110 valence electrons.